The van der Waals surface area contributed by atoms with Crippen molar-refractivity contribution in [1.29, 1.82) is 5.26 Å². The summed E-state index contributed by atoms with van der Waals surface area (Å²) in [6.45, 7) is 0. The topological polar surface area (TPSA) is 87.0 Å². The number of sulfonamides is 1. The number of aromatic nitrogens is 2. The first-order valence-corrected chi connectivity index (χ1v) is 10.3. The van der Waals surface area contributed by atoms with E-state index in [1.807, 2.05) is 6.07 Å². The van der Waals surface area contributed by atoms with Crippen LogP contribution in [0.1, 0.15) is 5.56 Å². The van der Waals surface area contributed by atoms with Gasteiger partial charge in [0, 0.05) is 28.5 Å². The number of nitriles is 1. The molecule has 0 aliphatic carbocycles. The van der Waals surface area contributed by atoms with Crippen LogP contribution in [0.25, 0.3) is 10.8 Å². The molecule has 0 saturated heterocycles. The summed E-state index contributed by atoms with van der Waals surface area (Å²) in [7, 11) is -4.17. The van der Waals surface area contributed by atoms with Crippen molar-refractivity contribution in [2.45, 2.75) is 4.90 Å². The number of benzene rings is 2. The maximum absolute atomic E-state index is 14.1. The number of hydrogen-bond acceptors (Lipinski definition) is 6. The summed E-state index contributed by atoms with van der Waals surface area (Å²) in [5, 5.41) is 11.9. The Morgan fingerprint density at radius 3 is 2.71 bits per heavy atom. The number of hydrogen-bond donors (Lipinski definition) is 0. The standard InChI is InChI=1S/C19H11FN4O2S2/c20-17-12-22-11-14-5-6-15(9-16(14)17)28(25,26)24(19-23-7-8-27-19)18-4-2-1-3-13(18)10-21/h1-9,11-12H. The Morgan fingerprint density at radius 2 is 1.96 bits per heavy atom. The Kier molecular flexibility index (Phi) is 4.50. The van der Waals surface area contributed by atoms with Crippen LogP contribution in [0.2, 0.25) is 0 Å². The fourth-order valence-electron chi connectivity index (χ4n) is 2.77. The molecular weight excluding hydrogens is 399 g/mol. The summed E-state index contributed by atoms with van der Waals surface area (Å²) in [5.74, 6) is -0.618. The number of para-hydroxylation sites is 1. The smallest absolute Gasteiger partial charge is 0.261 e. The lowest BCUT2D eigenvalue weighted by Gasteiger charge is -2.23. The number of rotatable bonds is 4. The van der Waals surface area contributed by atoms with E-state index in [1.54, 1.807) is 17.5 Å². The van der Waals surface area contributed by atoms with Crippen LogP contribution in [0.15, 0.2) is 71.3 Å². The molecule has 0 N–H and O–H groups in total. The molecule has 0 aliphatic heterocycles. The van der Waals surface area contributed by atoms with Crippen LogP contribution in [0.5, 0.6) is 0 Å². The SMILES string of the molecule is N#Cc1ccccc1N(c1nccs1)S(=O)(=O)c1ccc2cncc(F)c2c1. The number of anilines is 2. The highest BCUT2D eigenvalue weighted by Gasteiger charge is 2.30. The Hall–Kier alpha value is -3.35. The Labute approximate surface area is 164 Å². The number of nitrogens with zero attached hydrogens (tertiary/aromatic N) is 4. The average Bonchev–Trinajstić information content (AvgIpc) is 3.22. The van der Waals surface area contributed by atoms with Crippen molar-refractivity contribution in [2.24, 2.45) is 0 Å². The van der Waals surface area contributed by atoms with Gasteiger partial charge < -0.3 is 0 Å². The predicted molar refractivity (Wildman–Crippen MR) is 104 cm³/mol. The number of pyridine rings is 1. The molecule has 0 saturated carbocycles. The molecule has 6 nitrogen and oxygen atoms in total. The molecule has 138 valence electrons. The predicted octanol–water partition coefficient (Wildman–Crippen LogP) is 4.23. The van der Waals surface area contributed by atoms with Gasteiger partial charge >= 0.3 is 0 Å². The number of thiazole rings is 1. The zero-order valence-corrected chi connectivity index (χ0v) is 15.8. The van der Waals surface area contributed by atoms with Crippen molar-refractivity contribution in [3.05, 3.63) is 77.8 Å². The molecule has 0 unspecified atom stereocenters. The number of halogens is 1. The van der Waals surface area contributed by atoms with Gasteiger partial charge in [-0.3, -0.25) is 4.98 Å². The van der Waals surface area contributed by atoms with Gasteiger partial charge in [0.1, 0.15) is 11.9 Å². The average molecular weight is 410 g/mol. The molecule has 28 heavy (non-hydrogen) atoms. The summed E-state index contributed by atoms with van der Waals surface area (Å²) in [6.07, 6.45) is 3.96. The van der Waals surface area contributed by atoms with Gasteiger partial charge in [-0.05, 0) is 24.3 Å². The molecule has 4 rings (SSSR count). The van der Waals surface area contributed by atoms with Gasteiger partial charge in [0.05, 0.1) is 22.3 Å². The largest absolute Gasteiger partial charge is 0.270 e. The van der Waals surface area contributed by atoms with Crippen LogP contribution in [0.4, 0.5) is 15.2 Å². The highest BCUT2D eigenvalue weighted by Crippen LogP contribution is 2.36. The van der Waals surface area contributed by atoms with E-state index in [-0.39, 0.29) is 26.7 Å². The summed E-state index contributed by atoms with van der Waals surface area (Å²) in [4.78, 5) is 7.77. The summed E-state index contributed by atoms with van der Waals surface area (Å²) in [5.41, 5.74) is 0.354. The minimum absolute atomic E-state index is 0.118. The molecule has 0 aliphatic rings. The first-order valence-electron chi connectivity index (χ1n) is 7.99. The molecular formula is C19H11FN4O2S2. The highest BCUT2D eigenvalue weighted by atomic mass is 32.2. The molecule has 0 bridgehead atoms. The van der Waals surface area contributed by atoms with Crippen LogP contribution in [-0.4, -0.2) is 18.4 Å². The third-order valence-electron chi connectivity index (χ3n) is 4.06. The molecule has 4 aromatic rings. The zero-order valence-electron chi connectivity index (χ0n) is 14.2. The zero-order chi connectivity index (χ0) is 19.7. The maximum Gasteiger partial charge on any atom is 0.270 e. The fraction of sp³-hybridized carbons (Fsp3) is 0. The van der Waals surface area contributed by atoms with E-state index in [9.17, 15) is 18.1 Å². The lowest BCUT2D eigenvalue weighted by molar-refractivity contribution is 0.596. The molecule has 0 amide bonds. The van der Waals surface area contributed by atoms with E-state index < -0.39 is 15.8 Å². The van der Waals surface area contributed by atoms with Crippen molar-refractivity contribution in [3.63, 3.8) is 0 Å². The van der Waals surface area contributed by atoms with Gasteiger partial charge in [-0.15, -0.1) is 11.3 Å². The van der Waals surface area contributed by atoms with E-state index in [4.69, 9.17) is 0 Å². The second-order valence-electron chi connectivity index (χ2n) is 5.72. The van der Waals surface area contributed by atoms with E-state index in [0.29, 0.717) is 5.39 Å². The molecule has 2 heterocycles. The second kappa shape index (κ2) is 6.99. The summed E-state index contributed by atoms with van der Waals surface area (Å²) < 4.78 is 42.2. The molecule has 0 spiro atoms. The lowest BCUT2D eigenvalue weighted by atomic mass is 10.2. The third kappa shape index (κ3) is 2.98. The van der Waals surface area contributed by atoms with Crippen LogP contribution < -0.4 is 4.31 Å². The van der Waals surface area contributed by atoms with Crippen LogP contribution >= 0.6 is 11.3 Å². The minimum Gasteiger partial charge on any atom is -0.261 e. The maximum atomic E-state index is 14.1. The van der Waals surface area contributed by atoms with Gasteiger partial charge in [0.2, 0.25) is 5.13 Å². The van der Waals surface area contributed by atoms with E-state index in [1.165, 1.54) is 42.7 Å². The van der Waals surface area contributed by atoms with Gasteiger partial charge in [-0.25, -0.2) is 22.1 Å². The molecule has 9 heteroatoms. The molecule has 0 atom stereocenters. The quantitative estimate of drug-likeness (QED) is 0.502. The summed E-state index contributed by atoms with van der Waals surface area (Å²) >= 11 is 1.12. The second-order valence-corrected chi connectivity index (χ2v) is 8.38. The first kappa shape index (κ1) is 18.0. The van der Waals surface area contributed by atoms with Gasteiger partial charge in [-0.1, -0.05) is 18.2 Å². The van der Waals surface area contributed by atoms with E-state index in [2.05, 4.69) is 9.97 Å². The van der Waals surface area contributed by atoms with Crippen molar-refractivity contribution in [2.75, 3.05) is 4.31 Å². The lowest BCUT2D eigenvalue weighted by Crippen LogP contribution is -2.27. The highest BCUT2D eigenvalue weighted by molar-refractivity contribution is 7.93. The molecule has 2 aromatic carbocycles. The van der Waals surface area contributed by atoms with Gasteiger partial charge in [-0.2, -0.15) is 5.26 Å². The Morgan fingerprint density at radius 1 is 1.14 bits per heavy atom. The van der Waals surface area contributed by atoms with Crippen molar-refractivity contribution >= 4 is 43.0 Å². The first-order chi connectivity index (χ1) is 13.5. The summed E-state index contributed by atoms with van der Waals surface area (Å²) in [6, 6.07) is 12.5. The van der Waals surface area contributed by atoms with Crippen LogP contribution in [0, 0.1) is 17.1 Å². The Balaban J connectivity index is 1.96. The fourth-order valence-corrected chi connectivity index (χ4v) is 5.14. The third-order valence-corrected chi connectivity index (χ3v) is 6.63. The van der Waals surface area contributed by atoms with Crippen LogP contribution in [0.3, 0.4) is 0 Å². The molecule has 0 fully saturated rings. The molecule has 2 aromatic heterocycles. The normalized spacial score (nSPS) is 11.3. The molecule has 0 radical (unpaired) electrons. The van der Waals surface area contributed by atoms with Gasteiger partial charge in [0.15, 0.2) is 0 Å². The Bertz CT molecular complexity index is 1320. The van der Waals surface area contributed by atoms with Crippen molar-refractivity contribution < 1.29 is 12.8 Å². The van der Waals surface area contributed by atoms with Gasteiger partial charge in [0.25, 0.3) is 10.0 Å². The van der Waals surface area contributed by atoms with E-state index >= 15 is 0 Å². The minimum atomic E-state index is -4.17. The van der Waals surface area contributed by atoms with Crippen LogP contribution in [-0.2, 0) is 10.0 Å². The van der Waals surface area contributed by atoms with E-state index in [0.717, 1.165) is 21.8 Å². The van der Waals surface area contributed by atoms with Crippen molar-refractivity contribution in [3.8, 4) is 6.07 Å². The number of fused-ring (bicyclic) bond motifs is 1. The monoisotopic (exact) mass is 410 g/mol. The van der Waals surface area contributed by atoms with Crippen molar-refractivity contribution in [1.82, 2.24) is 9.97 Å².